The molecule has 0 amide bonds. The molecule has 0 unspecified atom stereocenters. The van der Waals surface area contributed by atoms with Crippen molar-refractivity contribution in [2.45, 2.75) is 26.9 Å². The molecule has 0 atom stereocenters. The number of hydrogen-bond donors (Lipinski definition) is 0. The predicted octanol–water partition coefficient (Wildman–Crippen LogP) is 5.66. The van der Waals surface area contributed by atoms with Crippen LogP contribution in [0, 0.1) is 6.92 Å². The van der Waals surface area contributed by atoms with Crippen LogP contribution in [0.25, 0.3) is 10.1 Å². The summed E-state index contributed by atoms with van der Waals surface area (Å²) in [6, 6.07) is 12.2. The number of rotatable bonds is 6. The molecule has 0 spiro atoms. The smallest absolute Gasteiger partial charge is 0.310 e. The number of carbonyl (C=O) groups excluding carboxylic acids is 1. The molecule has 2 aromatic carbocycles. The van der Waals surface area contributed by atoms with Gasteiger partial charge in [0.15, 0.2) is 0 Å². The Kier molecular flexibility index (Phi) is 5.76. The van der Waals surface area contributed by atoms with Crippen molar-refractivity contribution in [2.24, 2.45) is 0 Å². The van der Waals surface area contributed by atoms with Gasteiger partial charge in [-0.1, -0.05) is 12.1 Å². The average Bonchev–Trinajstić information content (AvgIpc) is 3.04. The molecule has 0 aliphatic carbocycles. The van der Waals surface area contributed by atoms with E-state index in [0.29, 0.717) is 13.2 Å². The van der Waals surface area contributed by atoms with Crippen LogP contribution >= 0.6 is 27.3 Å². The lowest BCUT2D eigenvalue weighted by molar-refractivity contribution is -0.142. The topological polar surface area (TPSA) is 35.5 Å². The van der Waals surface area contributed by atoms with Crippen LogP contribution in [0.5, 0.6) is 5.75 Å². The van der Waals surface area contributed by atoms with Gasteiger partial charge in [-0.25, -0.2) is 0 Å². The number of esters is 1. The standard InChI is InChI=1S/C20H19BrO3S/c1-3-23-19(22)11-15-5-4-13(2)8-18(15)24-12-14-9-16-6-7-25-20(16)17(21)10-14/h4-10H,3,11-12H2,1-2H3. The maximum absolute atomic E-state index is 11.8. The summed E-state index contributed by atoms with van der Waals surface area (Å²) >= 11 is 5.34. The molecule has 0 saturated heterocycles. The fraction of sp³-hybridized carbons (Fsp3) is 0.250. The van der Waals surface area contributed by atoms with Gasteiger partial charge < -0.3 is 9.47 Å². The first-order valence-electron chi connectivity index (χ1n) is 8.10. The zero-order chi connectivity index (χ0) is 17.8. The molecule has 3 nitrogen and oxygen atoms in total. The third-order valence-electron chi connectivity index (χ3n) is 3.82. The highest BCUT2D eigenvalue weighted by Crippen LogP contribution is 2.31. The number of carbonyl (C=O) groups is 1. The van der Waals surface area contributed by atoms with Crippen molar-refractivity contribution in [3.8, 4) is 5.75 Å². The van der Waals surface area contributed by atoms with Crippen LogP contribution in [-0.4, -0.2) is 12.6 Å². The summed E-state index contributed by atoms with van der Waals surface area (Å²) < 4.78 is 13.4. The van der Waals surface area contributed by atoms with Gasteiger partial charge in [-0.15, -0.1) is 11.3 Å². The van der Waals surface area contributed by atoms with E-state index in [1.807, 2.05) is 32.0 Å². The van der Waals surface area contributed by atoms with Crippen molar-refractivity contribution in [1.82, 2.24) is 0 Å². The summed E-state index contributed by atoms with van der Waals surface area (Å²) in [5, 5.41) is 3.28. The predicted molar refractivity (Wildman–Crippen MR) is 105 cm³/mol. The van der Waals surface area contributed by atoms with Crippen LogP contribution in [0.2, 0.25) is 0 Å². The second-order valence-corrected chi connectivity index (χ2v) is 7.57. The Hall–Kier alpha value is -1.85. The fourth-order valence-corrected chi connectivity index (χ4v) is 4.24. The Bertz CT molecular complexity index is 901. The molecule has 3 rings (SSSR count). The molecule has 130 valence electrons. The number of aryl methyl sites for hydroxylation is 1. The summed E-state index contributed by atoms with van der Waals surface area (Å²) in [6.45, 7) is 4.65. The van der Waals surface area contributed by atoms with Crippen molar-refractivity contribution in [2.75, 3.05) is 6.61 Å². The number of hydrogen-bond acceptors (Lipinski definition) is 4. The van der Waals surface area contributed by atoms with Gasteiger partial charge in [0.05, 0.1) is 13.0 Å². The Morgan fingerprint density at radius 1 is 1.20 bits per heavy atom. The molecule has 0 bridgehead atoms. The van der Waals surface area contributed by atoms with Gasteiger partial charge in [-0.3, -0.25) is 4.79 Å². The number of ether oxygens (including phenoxy) is 2. The van der Waals surface area contributed by atoms with Gasteiger partial charge in [0.25, 0.3) is 0 Å². The minimum Gasteiger partial charge on any atom is -0.489 e. The van der Waals surface area contributed by atoms with Crippen LogP contribution in [0.3, 0.4) is 0 Å². The van der Waals surface area contributed by atoms with E-state index in [2.05, 4.69) is 39.5 Å². The Morgan fingerprint density at radius 3 is 2.84 bits per heavy atom. The maximum Gasteiger partial charge on any atom is 0.310 e. The minimum absolute atomic E-state index is 0.219. The largest absolute Gasteiger partial charge is 0.489 e. The quantitative estimate of drug-likeness (QED) is 0.484. The van der Waals surface area contributed by atoms with Crippen LogP contribution in [0.1, 0.15) is 23.6 Å². The Labute approximate surface area is 159 Å². The number of halogens is 1. The molecule has 1 heterocycles. The van der Waals surface area contributed by atoms with Crippen LogP contribution in [0.15, 0.2) is 46.3 Å². The van der Waals surface area contributed by atoms with Crippen LogP contribution in [0.4, 0.5) is 0 Å². The lowest BCUT2D eigenvalue weighted by Crippen LogP contribution is -2.09. The van der Waals surface area contributed by atoms with E-state index in [1.165, 1.54) is 10.1 Å². The van der Waals surface area contributed by atoms with Crippen molar-refractivity contribution in [3.05, 3.63) is 62.9 Å². The molecule has 0 saturated carbocycles. The van der Waals surface area contributed by atoms with E-state index in [1.54, 1.807) is 11.3 Å². The molecule has 0 aliphatic rings. The molecule has 0 aliphatic heterocycles. The molecular formula is C20H19BrO3S. The fourth-order valence-electron chi connectivity index (χ4n) is 2.65. The summed E-state index contributed by atoms with van der Waals surface area (Å²) in [5.41, 5.74) is 3.03. The molecule has 0 fully saturated rings. The summed E-state index contributed by atoms with van der Waals surface area (Å²) in [6.07, 6.45) is 0.219. The van der Waals surface area contributed by atoms with Crippen molar-refractivity contribution < 1.29 is 14.3 Å². The lowest BCUT2D eigenvalue weighted by atomic mass is 10.1. The molecule has 0 radical (unpaired) electrons. The third-order valence-corrected chi connectivity index (χ3v) is 5.67. The molecule has 1 aromatic heterocycles. The van der Waals surface area contributed by atoms with Crippen molar-refractivity contribution in [3.63, 3.8) is 0 Å². The highest BCUT2D eigenvalue weighted by Gasteiger charge is 2.11. The second-order valence-electron chi connectivity index (χ2n) is 5.80. The van der Waals surface area contributed by atoms with E-state index in [9.17, 15) is 4.79 Å². The molecule has 3 aromatic rings. The van der Waals surface area contributed by atoms with Crippen molar-refractivity contribution in [1.29, 1.82) is 0 Å². The van der Waals surface area contributed by atoms with Crippen LogP contribution in [-0.2, 0) is 22.6 Å². The zero-order valence-electron chi connectivity index (χ0n) is 14.2. The van der Waals surface area contributed by atoms with Gasteiger partial charge in [0.2, 0.25) is 0 Å². The number of fused-ring (bicyclic) bond motifs is 1. The van der Waals surface area contributed by atoms with Gasteiger partial charge in [0.1, 0.15) is 12.4 Å². The van der Waals surface area contributed by atoms with Gasteiger partial charge in [-0.05, 0) is 75.9 Å². The van der Waals surface area contributed by atoms with Crippen molar-refractivity contribution >= 4 is 43.3 Å². The Balaban J connectivity index is 1.79. The molecule has 25 heavy (non-hydrogen) atoms. The van der Waals surface area contributed by atoms with E-state index >= 15 is 0 Å². The lowest BCUT2D eigenvalue weighted by Gasteiger charge is -2.13. The molecular weight excluding hydrogens is 400 g/mol. The summed E-state index contributed by atoms with van der Waals surface area (Å²) in [5.74, 6) is 0.494. The zero-order valence-corrected chi connectivity index (χ0v) is 16.6. The Morgan fingerprint density at radius 2 is 2.04 bits per heavy atom. The van der Waals surface area contributed by atoms with E-state index in [4.69, 9.17) is 9.47 Å². The maximum atomic E-state index is 11.8. The number of thiophene rings is 1. The van der Waals surface area contributed by atoms with E-state index < -0.39 is 0 Å². The normalized spacial score (nSPS) is 10.8. The minimum atomic E-state index is -0.237. The molecule has 5 heteroatoms. The highest BCUT2D eigenvalue weighted by molar-refractivity contribution is 9.10. The van der Waals surface area contributed by atoms with Gasteiger partial charge in [0, 0.05) is 14.7 Å². The monoisotopic (exact) mass is 418 g/mol. The van der Waals surface area contributed by atoms with Gasteiger partial charge >= 0.3 is 5.97 Å². The highest BCUT2D eigenvalue weighted by atomic mass is 79.9. The first kappa shape index (κ1) is 18.0. The SMILES string of the molecule is CCOC(=O)Cc1ccc(C)cc1OCc1cc(Br)c2sccc2c1. The summed E-state index contributed by atoms with van der Waals surface area (Å²) in [7, 11) is 0. The average molecular weight is 419 g/mol. The van der Waals surface area contributed by atoms with E-state index in [0.717, 1.165) is 26.9 Å². The number of benzene rings is 2. The molecule has 0 N–H and O–H groups in total. The first-order chi connectivity index (χ1) is 12.1. The second kappa shape index (κ2) is 8.02. The van der Waals surface area contributed by atoms with Crippen LogP contribution < -0.4 is 4.74 Å². The first-order valence-corrected chi connectivity index (χ1v) is 9.77. The third kappa shape index (κ3) is 4.41. The van der Waals surface area contributed by atoms with E-state index in [-0.39, 0.29) is 12.4 Å². The summed E-state index contributed by atoms with van der Waals surface area (Å²) in [4.78, 5) is 11.8. The van der Waals surface area contributed by atoms with Gasteiger partial charge in [-0.2, -0.15) is 0 Å².